The van der Waals surface area contributed by atoms with Gasteiger partial charge in [0.15, 0.2) is 12.0 Å². The van der Waals surface area contributed by atoms with E-state index in [4.69, 9.17) is 4.42 Å². The van der Waals surface area contributed by atoms with Crippen LogP contribution in [-0.2, 0) is 0 Å². The fraction of sp³-hybridized carbons (Fsp3) is 0.125. The summed E-state index contributed by atoms with van der Waals surface area (Å²) in [4.78, 5) is 10.6. The molecule has 0 atom stereocenters. The summed E-state index contributed by atoms with van der Waals surface area (Å²) in [5.74, 6) is 1.02. The molecular formula is C16H14N2O2. The van der Waals surface area contributed by atoms with Crippen LogP contribution in [0, 0.1) is 13.8 Å². The molecule has 0 aliphatic rings. The first kappa shape index (κ1) is 12.4. The first-order valence-corrected chi connectivity index (χ1v) is 6.36. The van der Waals surface area contributed by atoms with E-state index in [-0.39, 0.29) is 0 Å². The number of aryl methyl sites for hydroxylation is 2. The van der Waals surface area contributed by atoms with Gasteiger partial charge in [-0.25, -0.2) is 4.68 Å². The number of aromatic nitrogens is 2. The van der Waals surface area contributed by atoms with Crippen molar-refractivity contribution in [1.29, 1.82) is 0 Å². The molecule has 4 nitrogen and oxygen atoms in total. The monoisotopic (exact) mass is 266 g/mol. The van der Waals surface area contributed by atoms with Crippen molar-refractivity contribution >= 4 is 6.29 Å². The number of nitrogens with zero attached hydrogens (tertiary/aromatic N) is 2. The zero-order chi connectivity index (χ0) is 14.1. The fourth-order valence-corrected chi connectivity index (χ4v) is 2.23. The van der Waals surface area contributed by atoms with E-state index in [1.54, 1.807) is 12.1 Å². The Morgan fingerprint density at radius 2 is 1.85 bits per heavy atom. The minimum Gasteiger partial charge on any atom is -0.453 e. The van der Waals surface area contributed by atoms with Gasteiger partial charge in [-0.1, -0.05) is 0 Å². The summed E-state index contributed by atoms with van der Waals surface area (Å²) in [5.41, 5.74) is 4.02. The molecule has 0 spiro atoms. The summed E-state index contributed by atoms with van der Waals surface area (Å²) in [6.45, 7) is 4.00. The van der Waals surface area contributed by atoms with Crippen molar-refractivity contribution in [3.05, 3.63) is 59.6 Å². The van der Waals surface area contributed by atoms with Crippen molar-refractivity contribution in [3.63, 3.8) is 0 Å². The zero-order valence-corrected chi connectivity index (χ0v) is 11.3. The van der Waals surface area contributed by atoms with Crippen LogP contribution in [0.1, 0.15) is 21.9 Å². The van der Waals surface area contributed by atoms with Gasteiger partial charge in [-0.05, 0) is 56.3 Å². The second-order valence-corrected chi connectivity index (χ2v) is 4.71. The van der Waals surface area contributed by atoms with Crippen molar-refractivity contribution in [2.24, 2.45) is 0 Å². The molecule has 0 aliphatic carbocycles. The summed E-state index contributed by atoms with van der Waals surface area (Å²) in [6, 6.07) is 13.4. The quantitative estimate of drug-likeness (QED) is 0.681. The normalized spacial score (nSPS) is 10.7. The number of benzene rings is 1. The summed E-state index contributed by atoms with van der Waals surface area (Å²) < 4.78 is 7.30. The Kier molecular flexibility index (Phi) is 2.99. The van der Waals surface area contributed by atoms with Gasteiger partial charge in [-0.3, -0.25) is 4.79 Å². The zero-order valence-electron chi connectivity index (χ0n) is 11.3. The van der Waals surface area contributed by atoms with Gasteiger partial charge < -0.3 is 4.42 Å². The maximum absolute atomic E-state index is 10.6. The number of carbonyl (C=O) groups is 1. The SMILES string of the molecule is Cc1cc(C)n(-c2ccc(-c3ccc(C=O)o3)cc2)n1. The minimum absolute atomic E-state index is 0.336. The minimum atomic E-state index is 0.336. The van der Waals surface area contributed by atoms with E-state index in [0.717, 1.165) is 22.6 Å². The highest BCUT2D eigenvalue weighted by atomic mass is 16.3. The third kappa shape index (κ3) is 2.16. The average molecular weight is 266 g/mol. The predicted molar refractivity (Wildman–Crippen MR) is 76.1 cm³/mol. The van der Waals surface area contributed by atoms with E-state index in [9.17, 15) is 4.79 Å². The fourth-order valence-electron chi connectivity index (χ4n) is 2.23. The van der Waals surface area contributed by atoms with Crippen LogP contribution >= 0.6 is 0 Å². The maximum Gasteiger partial charge on any atom is 0.185 e. The Labute approximate surface area is 116 Å². The Balaban J connectivity index is 1.95. The Hall–Kier alpha value is -2.62. The molecule has 0 N–H and O–H groups in total. The lowest BCUT2D eigenvalue weighted by Crippen LogP contribution is -1.98. The van der Waals surface area contributed by atoms with Crippen molar-refractivity contribution in [1.82, 2.24) is 9.78 Å². The first-order chi connectivity index (χ1) is 9.67. The molecule has 0 unspecified atom stereocenters. The lowest BCUT2D eigenvalue weighted by atomic mass is 10.1. The van der Waals surface area contributed by atoms with E-state index >= 15 is 0 Å². The van der Waals surface area contributed by atoms with E-state index in [0.29, 0.717) is 17.8 Å². The van der Waals surface area contributed by atoms with Crippen LogP contribution in [0.3, 0.4) is 0 Å². The molecule has 4 heteroatoms. The molecule has 0 radical (unpaired) electrons. The summed E-state index contributed by atoms with van der Waals surface area (Å²) in [6.07, 6.45) is 0.702. The molecule has 2 heterocycles. The van der Waals surface area contributed by atoms with Gasteiger partial charge in [0.2, 0.25) is 0 Å². The van der Waals surface area contributed by atoms with Crippen LogP contribution in [0.15, 0.2) is 46.9 Å². The van der Waals surface area contributed by atoms with Gasteiger partial charge in [-0.2, -0.15) is 5.10 Å². The van der Waals surface area contributed by atoms with Crippen molar-refractivity contribution in [3.8, 4) is 17.0 Å². The van der Waals surface area contributed by atoms with Crippen LogP contribution < -0.4 is 0 Å². The Bertz CT molecular complexity index is 751. The molecular weight excluding hydrogens is 252 g/mol. The number of hydrogen-bond acceptors (Lipinski definition) is 3. The lowest BCUT2D eigenvalue weighted by Gasteiger charge is -2.05. The molecule has 0 bridgehead atoms. The predicted octanol–water partition coefficient (Wildman–Crippen LogP) is 3.56. The number of aldehydes is 1. The lowest BCUT2D eigenvalue weighted by molar-refractivity contribution is 0.110. The molecule has 100 valence electrons. The second kappa shape index (κ2) is 4.81. The van der Waals surface area contributed by atoms with Crippen LogP contribution in [0.4, 0.5) is 0 Å². The maximum atomic E-state index is 10.6. The summed E-state index contributed by atoms with van der Waals surface area (Å²) >= 11 is 0. The molecule has 2 aromatic heterocycles. The van der Waals surface area contributed by atoms with E-state index in [2.05, 4.69) is 5.10 Å². The third-order valence-electron chi connectivity index (χ3n) is 3.15. The van der Waals surface area contributed by atoms with Crippen LogP contribution in [0.25, 0.3) is 17.0 Å². The smallest absolute Gasteiger partial charge is 0.185 e. The van der Waals surface area contributed by atoms with Crippen molar-refractivity contribution in [2.75, 3.05) is 0 Å². The number of hydrogen-bond donors (Lipinski definition) is 0. The number of rotatable bonds is 3. The third-order valence-corrected chi connectivity index (χ3v) is 3.15. The van der Waals surface area contributed by atoms with Crippen molar-refractivity contribution < 1.29 is 9.21 Å². The van der Waals surface area contributed by atoms with Crippen LogP contribution in [-0.4, -0.2) is 16.1 Å². The number of carbonyl (C=O) groups excluding carboxylic acids is 1. The highest BCUT2D eigenvalue weighted by molar-refractivity contribution is 5.72. The molecule has 0 aliphatic heterocycles. The van der Waals surface area contributed by atoms with E-state index in [1.165, 1.54) is 0 Å². The van der Waals surface area contributed by atoms with Gasteiger partial charge in [-0.15, -0.1) is 0 Å². The van der Waals surface area contributed by atoms with Gasteiger partial charge >= 0.3 is 0 Å². The first-order valence-electron chi connectivity index (χ1n) is 6.36. The average Bonchev–Trinajstić information content (AvgIpc) is 3.05. The van der Waals surface area contributed by atoms with Gasteiger partial charge in [0.1, 0.15) is 5.76 Å². The highest BCUT2D eigenvalue weighted by Crippen LogP contribution is 2.23. The summed E-state index contributed by atoms with van der Waals surface area (Å²) in [7, 11) is 0. The topological polar surface area (TPSA) is 48.0 Å². The van der Waals surface area contributed by atoms with Crippen LogP contribution in [0.5, 0.6) is 0 Å². The van der Waals surface area contributed by atoms with Gasteiger partial charge in [0.05, 0.1) is 11.4 Å². The molecule has 0 saturated heterocycles. The van der Waals surface area contributed by atoms with Crippen LogP contribution in [0.2, 0.25) is 0 Å². The number of furan rings is 1. The van der Waals surface area contributed by atoms with Gasteiger partial charge in [0, 0.05) is 11.3 Å². The molecule has 0 fully saturated rings. The molecule has 3 rings (SSSR count). The van der Waals surface area contributed by atoms with E-state index < -0.39 is 0 Å². The van der Waals surface area contributed by atoms with E-state index in [1.807, 2.05) is 48.9 Å². The molecule has 0 amide bonds. The molecule has 3 aromatic rings. The standard InChI is InChI=1S/C16H14N2O2/c1-11-9-12(2)18(17-11)14-5-3-13(4-6-14)16-8-7-15(10-19)20-16/h3-10H,1-2H3. The highest BCUT2D eigenvalue weighted by Gasteiger charge is 2.06. The van der Waals surface area contributed by atoms with Gasteiger partial charge in [0.25, 0.3) is 0 Å². The molecule has 1 aromatic carbocycles. The molecule has 0 saturated carbocycles. The molecule has 20 heavy (non-hydrogen) atoms. The largest absolute Gasteiger partial charge is 0.453 e. The van der Waals surface area contributed by atoms with Crippen molar-refractivity contribution in [2.45, 2.75) is 13.8 Å². The Morgan fingerprint density at radius 3 is 2.40 bits per heavy atom. The Morgan fingerprint density at radius 1 is 1.10 bits per heavy atom. The second-order valence-electron chi connectivity index (χ2n) is 4.71. The summed E-state index contributed by atoms with van der Waals surface area (Å²) in [5, 5.41) is 4.45.